The lowest BCUT2D eigenvalue weighted by Crippen LogP contribution is -2.19. The minimum atomic E-state index is 0.321. The Morgan fingerprint density at radius 1 is 1.36 bits per heavy atom. The summed E-state index contributed by atoms with van der Waals surface area (Å²) in [5.74, 6) is 0. The number of hydrogen-bond acceptors (Lipinski definition) is 0. The zero-order valence-electron chi connectivity index (χ0n) is 9.56. The Hall–Kier alpha value is -1.04. The van der Waals surface area contributed by atoms with Crippen LogP contribution in [0.25, 0.3) is 0 Å². The first-order valence-corrected chi connectivity index (χ1v) is 5.17. The molecule has 0 saturated heterocycles. The lowest BCUT2D eigenvalue weighted by Gasteiger charge is -2.33. The molecule has 0 atom stereocenters. The summed E-state index contributed by atoms with van der Waals surface area (Å²) < 4.78 is 0. The maximum atomic E-state index is 4.12. The molecular formula is C14H20. The van der Waals surface area contributed by atoms with Gasteiger partial charge in [0.2, 0.25) is 0 Å². The van der Waals surface area contributed by atoms with E-state index in [4.69, 9.17) is 0 Å². The molecular weight excluding hydrogens is 168 g/mol. The molecule has 0 radical (unpaired) electrons. The fourth-order valence-corrected chi connectivity index (χ4v) is 1.82. The zero-order valence-corrected chi connectivity index (χ0v) is 9.56. The minimum Gasteiger partial charge on any atom is -0.0991 e. The van der Waals surface area contributed by atoms with Gasteiger partial charge < -0.3 is 0 Å². The van der Waals surface area contributed by atoms with E-state index in [1.54, 1.807) is 0 Å². The molecule has 0 aromatic carbocycles. The Bertz CT molecular complexity index is 311. The molecule has 0 unspecified atom stereocenters. The molecule has 0 fully saturated rings. The molecule has 76 valence electrons. The molecule has 14 heavy (non-hydrogen) atoms. The lowest BCUT2D eigenvalue weighted by atomic mass is 9.71. The maximum Gasteiger partial charge on any atom is -0.0135 e. The van der Waals surface area contributed by atoms with Gasteiger partial charge in [-0.05, 0) is 36.3 Å². The van der Waals surface area contributed by atoms with E-state index in [2.05, 4.69) is 40.0 Å². The van der Waals surface area contributed by atoms with Crippen LogP contribution in [-0.4, -0.2) is 0 Å². The summed E-state index contributed by atoms with van der Waals surface area (Å²) in [6, 6.07) is 0. The van der Waals surface area contributed by atoms with E-state index in [-0.39, 0.29) is 0 Å². The van der Waals surface area contributed by atoms with Gasteiger partial charge in [0.05, 0.1) is 0 Å². The third kappa shape index (κ3) is 2.06. The first-order valence-electron chi connectivity index (χ1n) is 5.17. The van der Waals surface area contributed by atoms with E-state index in [0.29, 0.717) is 5.41 Å². The van der Waals surface area contributed by atoms with E-state index in [1.807, 2.05) is 12.2 Å². The molecule has 0 amide bonds. The van der Waals surface area contributed by atoms with Crippen LogP contribution < -0.4 is 0 Å². The Labute approximate surface area is 87.7 Å². The molecule has 1 rings (SSSR count). The van der Waals surface area contributed by atoms with Crippen LogP contribution in [0.1, 0.15) is 33.6 Å². The highest BCUT2D eigenvalue weighted by Gasteiger charge is 2.27. The standard InChI is InChI=1S/C14H20/c1-6-7-8-13-11(2)9-10-14(4,5)12(13)3/h6-8H,1-2,9-10H2,3-5H3/b8-7-. The van der Waals surface area contributed by atoms with Crippen molar-refractivity contribution < 1.29 is 0 Å². The SMILES string of the molecule is C=C/C=C\C1=C(C)C(C)(C)CCC1=C. The predicted molar refractivity (Wildman–Crippen MR) is 64.2 cm³/mol. The van der Waals surface area contributed by atoms with Crippen LogP contribution in [-0.2, 0) is 0 Å². The third-order valence-electron chi connectivity index (χ3n) is 3.25. The van der Waals surface area contributed by atoms with Crippen LogP contribution >= 0.6 is 0 Å². The molecule has 0 bridgehead atoms. The summed E-state index contributed by atoms with van der Waals surface area (Å²) in [4.78, 5) is 0. The Morgan fingerprint density at radius 3 is 2.57 bits per heavy atom. The summed E-state index contributed by atoms with van der Waals surface area (Å²) >= 11 is 0. The summed E-state index contributed by atoms with van der Waals surface area (Å²) in [5.41, 5.74) is 4.36. The van der Waals surface area contributed by atoms with Crippen molar-refractivity contribution in [3.05, 3.63) is 48.1 Å². The van der Waals surface area contributed by atoms with Gasteiger partial charge in [-0.25, -0.2) is 0 Å². The number of allylic oxidation sites excluding steroid dienone is 6. The smallest absolute Gasteiger partial charge is 0.0135 e. The first-order chi connectivity index (χ1) is 6.49. The molecule has 0 saturated carbocycles. The zero-order chi connectivity index (χ0) is 10.8. The van der Waals surface area contributed by atoms with Crippen molar-refractivity contribution in [1.82, 2.24) is 0 Å². The topological polar surface area (TPSA) is 0 Å². The van der Waals surface area contributed by atoms with E-state index >= 15 is 0 Å². The molecule has 1 aliphatic carbocycles. The fraction of sp³-hybridized carbons (Fsp3) is 0.429. The van der Waals surface area contributed by atoms with Crippen LogP contribution in [0.2, 0.25) is 0 Å². The molecule has 0 aromatic heterocycles. The van der Waals surface area contributed by atoms with Crippen molar-refractivity contribution in [2.24, 2.45) is 5.41 Å². The van der Waals surface area contributed by atoms with Crippen molar-refractivity contribution in [2.75, 3.05) is 0 Å². The Kier molecular flexibility index (Phi) is 3.15. The van der Waals surface area contributed by atoms with Gasteiger partial charge in [-0.3, -0.25) is 0 Å². The van der Waals surface area contributed by atoms with Crippen LogP contribution in [0.15, 0.2) is 48.1 Å². The lowest BCUT2D eigenvalue weighted by molar-refractivity contribution is 0.393. The van der Waals surface area contributed by atoms with Gasteiger partial charge in [-0.2, -0.15) is 0 Å². The predicted octanol–water partition coefficient (Wildman–Crippen LogP) is 4.42. The molecule has 1 aliphatic rings. The number of rotatable bonds is 2. The second-order valence-electron chi connectivity index (χ2n) is 4.62. The van der Waals surface area contributed by atoms with Crippen LogP contribution in [0, 0.1) is 5.41 Å². The molecule has 0 heterocycles. The van der Waals surface area contributed by atoms with Gasteiger partial charge in [0, 0.05) is 0 Å². The van der Waals surface area contributed by atoms with Crippen molar-refractivity contribution in [1.29, 1.82) is 0 Å². The van der Waals surface area contributed by atoms with Gasteiger partial charge in [-0.15, -0.1) is 0 Å². The molecule has 0 aliphatic heterocycles. The minimum absolute atomic E-state index is 0.321. The van der Waals surface area contributed by atoms with Crippen molar-refractivity contribution >= 4 is 0 Å². The highest BCUT2D eigenvalue weighted by Crippen LogP contribution is 2.42. The quantitative estimate of drug-likeness (QED) is 0.563. The van der Waals surface area contributed by atoms with E-state index in [9.17, 15) is 0 Å². The van der Waals surface area contributed by atoms with E-state index in [0.717, 1.165) is 6.42 Å². The van der Waals surface area contributed by atoms with Gasteiger partial charge in [0.1, 0.15) is 0 Å². The normalized spacial score (nSPS) is 21.8. The van der Waals surface area contributed by atoms with Gasteiger partial charge in [-0.1, -0.05) is 50.8 Å². The average Bonchev–Trinajstić information content (AvgIpc) is 2.13. The first kappa shape index (κ1) is 11.0. The summed E-state index contributed by atoms with van der Waals surface area (Å²) in [6.45, 7) is 14.6. The monoisotopic (exact) mass is 188 g/mol. The van der Waals surface area contributed by atoms with Gasteiger partial charge in [0.25, 0.3) is 0 Å². The second-order valence-corrected chi connectivity index (χ2v) is 4.62. The van der Waals surface area contributed by atoms with Crippen LogP contribution in [0.5, 0.6) is 0 Å². The highest BCUT2D eigenvalue weighted by molar-refractivity contribution is 5.46. The summed E-state index contributed by atoms with van der Waals surface area (Å²) in [7, 11) is 0. The summed E-state index contributed by atoms with van der Waals surface area (Å²) in [5, 5.41) is 0. The van der Waals surface area contributed by atoms with Gasteiger partial charge in [0.15, 0.2) is 0 Å². The fourth-order valence-electron chi connectivity index (χ4n) is 1.82. The van der Waals surface area contributed by atoms with Crippen molar-refractivity contribution in [2.45, 2.75) is 33.6 Å². The second kappa shape index (κ2) is 4.00. The van der Waals surface area contributed by atoms with Gasteiger partial charge >= 0.3 is 0 Å². The molecule has 0 N–H and O–H groups in total. The maximum absolute atomic E-state index is 4.12. The van der Waals surface area contributed by atoms with Crippen LogP contribution in [0.4, 0.5) is 0 Å². The third-order valence-corrected chi connectivity index (χ3v) is 3.25. The van der Waals surface area contributed by atoms with Crippen molar-refractivity contribution in [3.63, 3.8) is 0 Å². The van der Waals surface area contributed by atoms with Crippen LogP contribution in [0.3, 0.4) is 0 Å². The van der Waals surface area contributed by atoms with E-state index < -0.39 is 0 Å². The number of hydrogen-bond donors (Lipinski definition) is 0. The van der Waals surface area contributed by atoms with Crippen molar-refractivity contribution in [3.8, 4) is 0 Å². The molecule has 0 spiro atoms. The Balaban J connectivity index is 3.12. The highest BCUT2D eigenvalue weighted by atomic mass is 14.3. The Morgan fingerprint density at radius 2 is 2.00 bits per heavy atom. The largest absolute Gasteiger partial charge is 0.0991 e. The molecule has 0 heteroatoms. The average molecular weight is 188 g/mol. The summed E-state index contributed by atoms with van der Waals surface area (Å²) in [6.07, 6.45) is 8.26. The molecule has 0 aromatic rings. The molecule has 0 nitrogen and oxygen atoms in total. The van der Waals surface area contributed by atoms with E-state index in [1.165, 1.54) is 23.1 Å².